The summed E-state index contributed by atoms with van der Waals surface area (Å²) in [6.07, 6.45) is 0.798. The molecule has 2 rings (SSSR count). The van der Waals surface area contributed by atoms with Crippen LogP contribution in [0.5, 0.6) is 5.75 Å². The van der Waals surface area contributed by atoms with Gasteiger partial charge in [-0.2, -0.15) is 0 Å². The van der Waals surface area contributed by atoms with Crippen molar-refractivity contribution in [3.05, 3.63) is 33.7 Å². The van der Waals surface area contributed by atoms with Gasteiger partial charge < -0.3 is 10.5 Å². The average Bonchev–Trinajstić information content (AvgIpc) is 2.76. The second kappa shape index (κ2) is 5.82. The monoisotopic (exact) mass is 326 g/mol. The molecular weight excluding hydrogens is 312 g/mol. The zero-order valence-electron chi connectivity index (χ0n) is 10.3. The molecule has 1 aromatic carbocycles. The lowest BCUT2D eigenvalue weighted by molar-refractivity contribution is 0.416. The fourth-order valence-corrected chi connectivity index (χ4v) is 2.92. The molecule has 0 saturated heterocycles. The van der Waals surface area contributed by atoms with E-state index < -0.39 is 0 Å². The van der Waals surface area contributed by atoms with E-state index in [0.717, 1.165) is 32.9 Å². The van der Waals surface area contributed by atoms with E-state index in [0.29, 0.717) is 0 Å². The van der Waals surface area contributed by atoms with Gasteiger partial charge in [-0.1, -0.05) is 15.9 Å². The van der Waals surface area contributed by atoms with Crippen molar-refractivity contribution in [2.75, 3.05) is 7.11 Å². The molecule has 0 radical (unpaired) electrons. The third-order valence-electron chi connectivity index (χ3n) is 2.47. The molecule has 3 nitrogen and oxygen atoms in total. The highest BCUT2D eigenvalue weighted by molar-refractivity contribution is 9.10. The third kappa shape index (κ3) is 3.10. The van der Waals surface area contributed by atoms with Gasteiger partial charge >= 0.3 is 0 Å². The molecule has 2 N–H and O–H groups in total. The Labute approximate surface area is 119 Å². The molecule has 1 unspecified atom stereocenters. The SMILES string of the molecule is COc1ccc(Br)cc1-c1nc(CC(C)N)cs1. The van der Waals surface area contributed by atoms with Crippen LogP contribution in [0, 0.1) is 0 Å². The molecule has 0 spiro atoms. The van der Waals surface area contributed by atoms with Crippen molar-refractivity contribution in [3.63, 3.8) is 0 Å². The Bertz CT molecular complexity index is 540. The number of hydrogen-bond acceptors (Lipinski definition) is 4. The van der Waals surface area contributed by atoms with Crippen molar-refractivity contribution >= 4 is 27.3 Å². The van der Waals surface area contributed by atoms with Crippen molar-refractivity contribution < 1.29 is 4.74 Å². The second-order valence-corrected chi connectivity index (χ2v) is 5.94. The molecule has 5 heteroatoms. The topological polar surface area (TPSA) is 48.1 Å². The standard InChI is InChI=1S/C13H15BrN2OS/c1-8(15)5-10-7-18-13(16-10)11-6-9(14)3-4-12(11)17-2/h3-4,6-8H,5,15H2,1-2H3. The third-order valence-corrected chi connectivity index (χ3v) is 3.89. The Hall–Kier alpha value is -0.910. The lowest BCUT2D eigenvalue weighted by Crippen LogP contribution is -2.17. The molecule has 0 aliphatic heterocycles. The van der Waals surface area contributed by atoms with E-state index in [-0.39, 0.29) is 6.04 Å². The van der Waals surface area contributed by atoms with E-state index in [9.17, 15) is 0 Å². The van der Waals surface area contributed by atoms with Crippen LogP contribution in [0.15, 0.2) is 28.1 Å². The quantitative estimate of drug-likeness (QED) is 0.935. The number of hydrogen-bond donors (Lipinski definition) is 1. The fraction of sp³-hybridized carbons (Fsp3) is 0.308. The zero-order chi connectivity index (χ0) is 13.1. The maximum absolute atomic E-state index is 5.78. The summed E-state index contributed by atoms with van der Waals surface area (Å²) in [5.41, 5.74) is 7.83. The van der Waals surface area contributed by atoms with Crippen LogP contribution in [-0.4, -0.2) is 18.1 Å². The molecule has 96 valence electrons. The Morgan fingerprint density at radius 2 is 2.28 bits per heavy atom. The summed E-state index contributed by atoms with van der Waals surface area (Å²) < 4.78 is 6.38. The number of rotatable bonds is 4. The summed E-state index contributed by atoms with van der Waals surface area (Å²) in [5.74, 6) is 0.833. The molecule has 0 amide bonds. The normalized spacial score (nSPS) is 12.4. The van der Waals surface area contributed by atoms with Crippen LogP contribution in [0.4, 0.5) is 0 Å². The van der Waals surface area contributed by atoms with E-state index >= 15 is 0 Å². The predicted octanol–water partition coefficient (Wildman–Crippen LogP) is 3.47. The van der Waals surface area contributed by atoms with E-state index in [1.54, 1.807) is 18.4 Å². The molecule has 2 aromatic rings. The van der Waals surface area contributed by atoms with Crippen molar-refractivity contribution in [1.29, 1.82) is 0 Å². The summed E-state index contributed by atoms with van der Waals surface area (Å²) in [6, 6.07) is 6.04. The highest BCUT2D eigenvalue weighted by Crippen LogP contribution is 2.34. The summed E-state index contributed by atoms with van der Waals surface area (Å²) in [4.78, 5) is 4.61. The second-order valence-electron chi connectivity index (χ2n) is 4.17. The molecule has 0 aliphatic rings. The Kier molecular flexibility index (Phi) is 4.37. The number of halogens is 1. The fourth-order valence-electron chi connectivity index (χ4n) is 1.70. The van der Waals surface area contributed by atoms with Crippen LogP contribution in [0.25, 0.3) is 10.6 Å². The van der Waals surface area contributed by atoms with Gasteiger partial charge in [-0.15, -0.1) is 11.3 Å². The van der Waals surface area contributed by atoms with Crippen molar-refractivity contribution in [2.24, 2.45) is 5.73 Å². The molecule has 0 bridgehead atoms. The van der Waals surface area contributed by atoms with Crippen LogP contribution in [0.3, 0.4) is 0 Å². The summed E-state index contributed by atoms with van der Waals surface area (Å²) in [6.45, 7) is 1.98. The largest absolute Gasteiger partial charge is 0.496 e. The molecule has 1 atom stereocenters. The van der Waals surface area contributed by atoms with Gasteiger partial charge in [0.1, 0.15) is 10.8 Å². The van der Waals surface area contributed by atoms with Crippen molar-refractivity contribution in [2.45, 2.75) is 19.4 Å². The first-order valence-electron chi connectivity index (χ1n) is 5.64. The number of nitrogens with zero attached hydrogens (tertiary/aromatic N) is 1. The van der Waals surface area contributed by atoms with E-state index in [1.165, 1.54) is 0 Å². The number of thiazole rings is 1. The minimum Gasteiger partial charge on any atom is -0.496 e. The highest BCUT2D eigenvalue weighted by Gasteiger charge is 2.11. The van der Waals surface area contributed by atoms with Crippen LogP contribution in [0.2, 0.25) is 0 Å². The molecule has 18 heavy (non-hydrogen) atoms. The summed E-state index contributed by atoms with van der Waals surface area (Å²) >= 11 is 5.09. The first kappa shape index (κ1) is 13.5. The lowest BCUT2D eigenvalue weighted by Gasteiger charge is -2.06. The number of aromatic nitrogens is 1. The molecule has 1 heterocycles. The van der Waals surface area contributed by atoms with Gasteiger partial charge in [0.25, 0.3) is 0 Å². The number of methoxy groups -OCH3 is 1. The zero-order valence-corrected chi connectivity index (χ0v) is 12.7. The molecule has 0 aliphatic carbocycles. The van der Waals surface area contributed by atoms with E-state index in [2.05, 4.69) is 26.3 Å². The summed E-state index contributed by atoms with van der Waals surface area (Å²) in [5, 5.41) is 3.02. The molecule has 0 saturated carbocycles. The average molecular weight is 327 g/mol. The Morgan fingerprint density at radius 3 is 2.94 bits per heavy atom. The molecular formula is C13H15BrN2OS. The van der Waals surface area contributed by atoms with Crippen molar-refractivity contribution in [1.82, 2.24) is 4.98 Å². The van der Waals surface area contributed by atoms with Crippen LogP contribution < -0.4 is 10.5 Å². The van der Waals surface area contributed by atoms with E-state index in [1.807, 2.05) is 25.1 Å². The molecule has 1 aromatic heterocycles. The van der Waals surface area contributed by atoms with Gasteiger partial charge in [0.15, 0.2) is 0 Å². The predicted molar refractivity (Wildman–Crippen MR) is 79.2 cm³/mol. The van der Waals surface area contributed by atoms with Gasteiger partial charge in [-0.05, 0) is 25.1 Å². The first-order valence-corrected chi connectivity index (χ1v) is 7.31. The Balaban J connectivity index is 2.36. The first-order chi connectivity index (χ1) is 8.60. The van der Waals surface area contributed by atoms with Gasteiger partial charge in [0, 0.05) is 22.3 Å². The van der Waals surface area contributed by atoms with Gasteiger partial charge in [0.2, 0.25) is 0 Å². The van der Waals surface area contributed by atoms with Crippen LogP contribution in [0.1, 0.15) is 12.6 Å². The van der Waals surface area contributed by atoms with Gasteiger partial charge in [0.05, 0.1) is 18.4 Å². The number of ether oxygens (including phenoxy) is 1. The maximum atomic E-state index is 5.78. The van der Waals surface area contributed by atoms with Crippen LogP contribution in [-0.2, 0) is 6.42 Å². The van der Waals surface area contributed by atoms with Gasteiger partial charge in [-0.3, -0.25) is 0 Å². The minimum atomic E-state index is 0.129. The Morgan fingerprint density at radius 1 is 1.50 bits per heavy atom. The lowest BCUT2D eigenvalue weighted by atomic mass is 10.2. The van der Waals surface area contributed by atoms with Crippen molar-refractivity contribution in [3.8, 4) is 16.3 Å². The minimum absolute atomic E-state index is 0.129. The molecule has 0 fully saturated rings. The highest BCUT2D eigenvalue weighted by atomic mass is 79.9. The van der Waals surface area contributed by atoms with E-state index in [4.69, 9.17) is 10.5 Å². The van der Waals surface area contributed by atoms with Gasteiger partial charge in [-0.25, -0.2) is 4.98 Å². The van der Waals surface area contributed by atoms with Crippen LogP contribution >= 0.6 is 27.3 Å². The number of nitrogens with two attached hydrogens (primary N) is 1. The smallest absolute Gasteiger partial charge is 0.129 e. The summed E-state index contributed by atoms with van der Waals surface area (Å²) in [7, 11) is 1.67. The maximum Gasteiger partial charge on any atom is 0.129 e. The number of benzene rings is 1.